The number of rotatable bonds is 8. The molecule has 0 fully saturated rings. The molecule has 7 nitrogen and oxygen atoms in total. The molecule has 1 aliphatic rings. The van der Waals surface area contributed by atoms with Crippen LogP contribution in [0.1, 0.15) is 60.0 Å². The number of carbonyl (C=O) groups is 2. The third kappa shape index (κ3) is 5.20. The largest absolute Gasteiger partial charge is 0.459 e. The van der Waals surface area contributed by atoms with Crippen LogP contribution in [0.4, 0.5) is 5.00 Å². The number of carbonyl (C=O) groups excluding carboxylic acids is 2. The molecule has 0 bridgehead atoms. The van der Waals surface area contributed by atoms with Gasteiger partial charge in [0.25, 0.3) is 0 Å². The zero-order valence-electron chi connectivity index (χ0n) is 20.0. The van der Waals surface area contributed by atoms with E-state index in [0.717, 1.165) is 48.2 Å². The molecule has 9 heteroatoms. The summed E-state index contributed by atoms with van der Waals surface area (Å²) in [6.45, 7) is 8.45. The summed E-state index contributed by atoms with van der Waals surface area (Å²) in [5.41, 5.74) is 3.73. The van der Waals surface area contributed by atoms with Gasteiger partial charge in [0.1, 0.15) is 5.00 Å². The Bertz CT molecular complexity index is 1200. The Morgan fingerprint density at radius 2 is 1.97 bits per heavy atom. The number of fused-ring (bicyclic) bond motifs is 1. The number of anilines is 1. The molecule has 1 aromatic carbocycles. The van der Waals surface area contributed by atoms with E-state index < -0.39 is 0 Å². The van der Waals surface area contributed by atoms with Gasteiger partial charge >= 0.3 is 5.97 Å². The van der Waals surface area contributed by atoms with Crippen molar-refractivity contribution in [3.8, 4) is 11.4 Å². The number of nitrogens with one attached hydrogen (secondary N) is 1. The number of aryl methyl sites for hydroxylation is 2. The van der Waals surface area contributed by atoms with Crippen LogP contribution in [0, 0.1) is 6.92 Å². The Kier molecular flexibility index (Phi) is 7.73. The second-order valence-corrected chi connectivity index (χ2v) is 10.6. The zero-order valence-corrected chi connectivity index (χ0v) is 21.6. The lowest BCUT2D eigenvalue weighted by molar-refractivity contribution is -0.113. The predicted molar refractivity (Wildman–Crippen MR) is 137 cm³/mol. The van der Waals surface area contributed by atoms with Gasteiger partial charge in [-0.1, -0.05) is 36.0 Å². The first-order chi connectivity index (χ1) is 16.4. The van der Waals surface area contributed by atoms with Gasteiger partial charge in [0, 0.05) is 17.0 Å². The van der Waals surface area contributed by atoms with Crippen molar-refractivity contribution in [2.24, 2.45) is 0 Å². The second-order valence-electron chi connectivity index (χ2n) is 8.57. The van der Waals surface area contributed by atoms with E-state index in [2.05, 4.69) is 15.5 Å². The minimum Gasteiger partial charge on any atom is -0.459 e. The van der Waals surface area contributed by atoms with Crippen LogP contribution in [-0.2, 0) is 28.9 Å². The molecule has 0 atom stereocenters. The molecule has 180 valence electrons. The number of amides is 1. The summed E-state index contributed by atoms with van der Waals surface area (Å²) in [5, 5.41) is 13.0. The van der Waals surface area contributed by atoms with Gasteiger partial charge in [-0.05, 0) is 64.5 Å². The molecule has 2 heterocycles. The van der Waals surface area contributed by atoms with Gasteiger partial charge in [-0.15, -0.1) is 21.5 Å². The number of thioether (sulfide) groups is 1. The number of benzene rings is 1. The number of hydrogen-bond donors (Lipinski definition) is 1. The van der Waals surface area contributed by atoms with Gasteiger partial charge in [-0.2, -0.15) is 0 Å². The molecule has 0 unspecified atom stereocenters. The van der Waals surface area contributed by atoms with Crippen molar-refractivity contribution in [1.29, 1.82) is 0 Å². The molecule has 1 amide bonds. The molecule has 3 aromatic rings. The first kappa shape index (κ1) is 24.5. The summed E-state index contributed by atoms with van der Waals surface area (Å²) in [5.74, 6) is 0.442. The van der Waals surface area contributed by atoms with Crippen molar-refractivity contribution in [3.63, 3.8) is 0 Å². The van der Waals surface area contributed by atoms with E-state index in [0.29, 0.717) is 22.3 Å². The van der Waals surface area contributed by atoms with Gasteiger partial charge < -0.3 is 14.6 Å². The molecule has 2 aromatic heterocycles. The molecule has 0 spiro atoms. The van der Waals surface area contributed by atoms with Gasteiger partial charge in [0.05, 0.1) is 17.4 Å². The predicted octanol–water partition coefficient (Wildman–Crippen LogP) is 5.51. The second kappa shape index (κ2) is 10.7. The minimum absolute atomic E-state index is 0.174. The van der Waals surface area contributed by atoms with Gasteiger partial charge in [-0.25, -0.2) is 4.79 Å². The van der Waals surface area contributed by atoms with Crippen molar-refractivity contribution in [2.45, 2.75) is 71.2 Å². The summed E-state index contributed by atoms with van der Waals surface area (Å²) in [6.07, 6.45) is 3.72. The molecule has 4 rings (SSSR count). The van der Waals surface area contributed by atoms with Crippen molar-refractivity contribution in [3.05, 3.63) is 45.8 Å². The standard InChI is InChI=1S/C25H30N4O3S2/c1-5-29-22(17-11-7-6-10-16(17)4)27-28-25(29)33-14-20(30)26-23-21(24(31)32-15(2)3)18-12-8-9-13-19(18)34-23/h6-7,10-11,15H,5,8-9,12-14H2,1-4H3,(H,26,30). The lowest BCUT2D eigenvalue weighted by Gasteiger charge is -2.14. The van der Waals surface area contributed by atoms with E-state index in [-0.39, 0.29) is 23.7 Å². The average molecular weight is 499 g/mol. The molecule has 0 radical (unpaired) electrons. The molecule has 0 aliphatic heterocycles. The Labute approximate surface area is 208 Å². The van der Waals surface area contributed by atoms with Crippen LogP contribution in [-0.4, -0.2) is 38.5 Å². The van der Waals surface area contributed by atoms with E-state index in [4.69, 9.17) is 4.74 Å². The number of ether oxygens (including phenoxy) is 1. The van der Waals surface area contributed by atoms with Gasteiger partial charge in [0.15, 0.2) is 11.0 Å². The van der Waals surface area contributed by atoms with Gasteiger partial charge in [0.2, 0.25) is 5.91 Å². The fourth-order valence-corrected chi connectivity index (χ4v) is 6.24. The Balaban J connectivity index is 1.50. The van der Waals surface area contributed by atoms with Gasteiger partial charge in [-0.3, -0.25) is 4.79 Å². The van der Waals surface area contributed by atoms with Crippen LogP contribution in [0.5, 0.6) is 0 Å². The van der Waals surface area contributed by atoms with E-state index in [9.17, 15) is 9.59 Å². The highest BCUT2D eigenvalue weighted by Crippen LogP contribution is 2.39. The van der Waals surface area contributed by atoms with Crippen LogP contribution in [0.3, 0.4) is 0 Å². The quantitative estimate of drug-likeness (QED) is 0.326. The summed E-state index contributed by atoms with van der Waals surface area (Å²) >= 11 is 2.85. The smallest absolute Gasteiger partial charge is 0.341 e. The number of aromatic nitrogens is 3. The lowest BCUT2D eigenvalue weighted by Crippen LogP contribution is -2.19. The molecular weight excluding hydrogens is 468 g/mol. The van der Waals surface area contributed by atoms with Crippen LogP contribution in [0.15, 0.2) is 29.4 Å². The number of hydrogen-bond acceptors (Lipinski definition) is 7. The van der Waals surface area contributed by atoms with E-state index >= 15 is 0 Å². The minimum atomic E-state index is -0.356. The number of thiophene rings is 1. The van der Waals surface area contributed by atoms with Crippen molar-refractivity contribution < 1.29 is 14.3 Å². The maximum atomic E-state index is 12.9. The first-order valence-corrected chi connectivity index (χ1v) is 13.5. The molecule has 1 aliphatic carbocycles. The Morgan fingerprint density at radius 1 is 1.21 bits per heavy atom. The monoisotopic (exact) mass is 498 g/mol. The average Bonchev–Trinajstić information content (AvgIpc) is 3.38. The Morgan fingerprint density at radius 3 is 2.71 bits per heavy atom. The van der Waals surface area contributed by atoms with E-state index in [1.54, 1.807) is 0 Å². The number of esters is 1. The Hall–Kier alpha value is -2.65. The first-order valence-electron chi connectivity index (χ1n) is 11.7. The lowest BCUT2D eigenvalue weighted by atomic mass is 9.95. The maximum absolute atomic E-state index is 12.9. The molecule has 34 heavy (non-hydrogen) atoms. The van der Waals surface area contributed by atoms with Crippen LogP contribution in [0.25, 0.3) is 11.4 Å². The van der Waals surface area contributed by atoms with E-state index in [1.165, 1.54) is 28.0 Å². The molecule has 1 N–H and O–H groups in total. The normalized spacial score (nSPS) is 13.1. The highest BCUT2D eigenvalue weighted by Gasteiger charge is 2.28. The highest BCUT2D eigenvalue weighted by molar-refractivity contribution is 7.99. The van der Waals surface area contributed by atoms with Crippen molar-refractivity contribution in [2.75, 3.05) is 11.1 Å². The zero-order chi connectivity index (χ0) is 24.2. The summed E-state index contributed by atoms with van der Waals surface area (Å²) in [6, 6.07) is 8.06. The third-order valence-corrected chi connectivity index (χ3v) is 7.90. The summed E-state index contributed by atoms with van der Waals surface area (Å²) < 4.78 is 7.51. The maximum Gasteiger partial charge on any atom is 0.341 e. The molecule has 0 saturated heterocycles. The number of nitrogens with zero attached hydrogens (tertiary/aromatic N) is 3. The SMILES string of the molecule is CCn1c(SCC(=O)Nc2sc3c(c2C(=O)OC(C)C)CCCC3)nnc1-c1ccccc1C. The van der Waals surface area contributed by atoms with Crippen LogP contribution in [0.2, 0.25) is 0 Å². The molecular formula is C25H30N4O3S2. The molecule has 0 saturated carbocycles. The topological polar surface area (TPSA) is 86.1 Å². The van der Waals surface area contributed by atoms with Crippen LogP contribution < -0.4 is 5.32 Å². The third-order valence-electron chi connectivity index (χ3n) is 5.72. The summed E-state index contributed by atoms with van der Waals surface area (Å²) in [4.78, 5) is 26.9. The highest BCUT2D eigenvalue weighted by atomic mass is 32.2. The summed E-state index contributed by atoms with van der Waals surface area (Å²) in [7, 11) is 0. The fraction of sp³-hybridized carbons (Fsp3) is 0.440. The van der Waals surface area contributed by atoms with E-state index in [1.807, 2.05) is 56.5 Å². The van der Waals surface area contributed by atoms with Crippen molar-refractivity contribution in [1.82, 2.24) is 14.8 Å². The fourth-order valence-electron chi connectivity index (χ4n) is 4.14. The van der Waals surface area contributed by atoms with Crippen LogP contribution >= 0.6 is 23.1 Å². The van der Waals surface area contributed by atoms with Crippen molar-refractivity contribution >= 4 is 40.0 Å².